The first-order chi connectivity index (χ1) is 11.7. The summed E-state index contributed by atoms with van der Waals surface area (Å²) in [5.41, 5.74) is 4.04. The lowest BCUT2D eigenvalue weighted by Crippen LogP contribution is -2.14. The number of nitrogens with one attached hydrogen (secondary N) is 1. The van der Waals surface area contributed by atoms with Crippen LogP contribution in [0.15, 0.2) is 59.8 Å². The molecular formula is C19H13N5. The van der Waals surface area contributed by atoms with E-state index in [-0.39, 0.29) is 11.3 Å². The van der Waals surface area contributed by atoms with Crippen molar-refractivity contribution in [3.8, 4) is 18.2 Å². The van der Waals surface area contributed by atoms with E-state index in [0.717, 1.165) is 18.8 Å². The van der Waals surface area contributed by atoms with Gasteiger partial charge in [-0.25, -0.2) is 0 Å². The molecule has 24 heavy (non-hydrogen) atoms. The van der Waals surface area contributed by atoms with Gasteiger partial charge in [-0.15, -0.1) is 0 Å². The smallest absolute Gasteiger partial charge is 0.163 e. The number of allylic oxidation sites excluding steroid dienone is 2. The van der Waals surface area contributed by atoms with E-state index in [1.807, 2.05) is 36.4 Å². The van der Waals surface area contributed by atoms with E-state index in [0.29, 0.717) is 5.69 Å². The summed E-state index contributed by atoms with van der Waals surface area (Å²) in [5.74, 6) is 0. The highest BCUT2D eigenvalue weighted by Gasteiger charge is 2.18. The van der Waals surface area contributed by atoms with Crippen molar-refractivity contribution in [2.24, 2.45) is 0 Å². The minimum atomic E-state index is -0.225. The number of fused-ring (bicyclic) bond motifs is 1. The largest absolute Gasteiger partial charge is 0.363 e. The van der Waals surface area contributed by atoms with Gasteiger partial charge in [0.2, 0.25) is 0 Å². The molecule has 0 saturated heterocycles. The van der Waals surface area contributed by atoms with E-state index in [1.165, 1.54) is 11.1 Å². The number of nitrogens with zero attached hydrogens (tertiary/aromatic N) is 4. The van der Waals surface area contributed by atoms with Crippen LogP contribution >= 0.6 is 0 Å². The maximum absolute atomic E-state index is 9.14. The first kappa shape index (κ1) is 15.2. The van der Waals surface area contributed by atoms with Gasteiger partial charge < -0.3 is 10.2 Å². The molecule has 0 aliphatic carbocycles. The lowest BCUT2D eigenvalue weighted by Gasteiger charge is -2.19. The van der Waals surface area contributed by atoms with Gasteiger partial charge in [-0.3, -0.25) is 0 Å². The topological polar surface area (TPSA) is 86.6 Å². The molecule has 0 radical (unpaired) electrons. The fourth-order valence-corrected chi connectivity index (χ4v) is 2.72. The van der Waals surface area contributed by atoms with Gasteiger partial charge in [-0.05, 0) is 29.3 Å². The van der Waals surface area contributed by atoms with Crippen LogP contribution in [0.2, 0.25) is 0 Å². The van der Waals surface area contributed by atoms with Crippen molar-refractivity contribution < 1.29 is 0 Å². The second-order valence-corrected chi connectivity index (χ2v) is 5.39. The minimum Gasteiger partial charge on any atom is -0.363 e. The van der Waals surface area contributed by atoms with Crippen LogP contribution in [0.1, 0.15) is 11.1 Å². The molecule has 3 rings (SSSR count). The van der Waals surface area contributed by atoms with Crippen LogP contribution in [0.3, 0.4) is 0 Å². The third-order valence-electron chi connectivity index (χ3n) is 3.91. The van der Waals surface area contributed by atoms with E-state index >= 15 is 0 Å². The predicted octanol–water partition coefficient (Wildman–Crippen LogP) is 3.44. The highest BCUT2D eigenvalue weighted by Crippen LogP contribution is 2.29. The van der Waals surface area contributed by atoms with E-state index in [2.05, 4.69) is 22.3 Å². The Morgan fingerprint density at radius 1 is 0.875 bits per heavy atom. The number of benzene rings is 2. The number of rotatable bonds is 3. The average molecular weight is 311 g/mol. The molecule has 0 saturated carbocycles. The number of nitriles is 3. The quantitative estimate of drug-likeness (QED) is 0.877. The van der Waals surface area contributed by atoms with Crippen LogP contribution < -0.4 is 10.2 Å². The van der Waals surface area contributed by atoms with Gasteiger partial charge in [-0.1, -0.05) is 30.3 Å². The Balaban J connectivity index is 1.84. The Morgan fingerprint density at radius 2 is 1.54 bits per heavy atom. The highest BCUT2D eigenvalue weighted by atomic mass is 15.1. The summed E-state index contributed by atoms with van der Waals surface area (Å²) >= 11 is 0. The summed E-state index contributed by atoms with van der Waals surface area (Å²) in [5, 5.41) is 29.8. The Kier molecular flexibility index (Phi) is 4.15. The van der Waals surface area contributed by atoms with Crippen LogP contribution in [-0.2, 0) is 13.1 Å². The Bertz CT molecular complexity index is 896. The molecule has 5 heteroatoms. The molecule has 0 bridgehead atoms. The fraction of sp³-hybridized carbons (Fsp3) is 0.105. The third kappa shape index (κ3) is 2.90. The van der Waals surface area contributed by atoms with Crippen LogP contribution in [0.5, 0.6) is 0 Å². The summed E-state index contributed by atoms with van der Waals surface area (Å²) < 4.78 is 0. The van der Waals surface area contributed by atoms with Crippen LogP contribution in [0.25, 0.3) is 0 Å². The minimum absolute atomic E-state index is 0.0399. The van der Waals surface area contributed by atoms with Crippen molar-refractivity contribution >= 4 is 11.4 Å². The summed E-state index contributed by atoms with van der Waals surface area (Å²) in [7, 11) is 0. The van der Waals surface area contributed by atoms with Crippen molar-refractivity contribution in [1.29, 1.82) is 15.8 Å². The maximum Gasteiger partial charge on any atom is 0.163 e. The second kappa shape index (κ2) is 6.57. The van der Waals surface area contributed by atoms with Crippen LogP contribution in [0, 0.1) is 34.0 Å². The van der Waals surface area contributed by atoms with Crippen LogP contribution in [0.4, 0.5) is 11.4 Å². The monoisotopic (exact) mass is 311 g/mol. The Morgan fingerprint density at radius 3 is 2.12 bits per heavy atom. The van der Waals surface area contributed by atoms with E-state index < -0.39 is 0 Å². The summed E-state index contributed by atoms with van der Waals surface area (Å²) in [6.07, 6.45) is 0. The molecule has 0 atom stereocenters. The van der Waals surface area contributed by atoms with Gasteiger partial charge in [0.15, 0.2) is 5.57 Å². The Labute approximate surface area is 140 Å². The molecule has 0 amide bonds. The highest BCUT2D eigenvalue weighted by molar-refractivity contribution is 5.64. The normalized spacial score (nSPS) is 11.6. The molecule has 0 unspecified atom stereocenters. The first-order valence-corrected chi connectivity index (χ1v) is 7.38. The lowest BCUT2D eigenvalue weighted by atomic mass is 10.1. The number of anilines is 2. The lowest BCUT2D eigenvalue weighted by molar-refractivity contribution is 0.881. The van der Waals surface area contributed by atoms with Crippen molar-refractivity contribution in [2.75, 3.05) is 10.2 Å². The third-order valence-corrected chi connectivity index (χ3v) is 3.91. The van der Waals surface area contributed by atoms with Gasteiger partial charge in [0.1, 0.15) is 23.9 Å². The first-order valence-electron chi connectivity index (χ1n) is 7.38. The standard InChI is InChI=1S/C19H13N5/c20-9-16(10-21)19(11-22)23-17-6-3-7-18(8-17)24-12-14-4-1-2-5-15(14)13-24/h1-8,23H,12-13H2. The zero-order valence-electron chi connectivity index (χ0n) is 12.8. The van der Waals surface area contributed by atoms with E-state index in [1.54, 1.807) is 18.2 Å². The van der Waals surface area contributed by atoms with Crippen molar-refractivity contribution in [3.63, 3.8) is 0 Å². The summed E-state index contributed by atoms with van der Waals surface area (Å²) in [4.78, 5) is 2.24. The molecule has 1 N–H and O–H groups in total. The molecule has 1 aliphatic rings. The zero-order valence-corrected chi connectivity index (χ0v) is 12.8. The van der Waals surface area contributed by atoms with Gasteiger partial charge in [0.25, 0.3) is 0 Å². The van der Waals surface area contributed by atoms with Crippen molar-refractivity contribution in [3.05, 3.63) is 70.9 Å². The van der Waals surface area contributed by atoms with Gasteiger partial charge in [0.05, 0.1) is 0 Å². The van der Waals surface area contributed by atoms with E-state index in [4.69, 9.17) is 15.8 Å². The van der Waals surface area contributed by atoms with E-state index in [9.17, 15) is 0 Å². The summed E-state index contributed by atoms with van der Waals surface area (Å²) in [6, 6.07) is 21.2. The van der Waals surface area contributed by atoms with Crippen molar-refractivity contribution in [2.45, 2.75) is 13.1 Å². The zero-order chi connectivity index (χ0) is 16.9. The SMILES string of the molecule is N#CC(C#N)=C(C#N)Nc1cccc(N2Cc3ccccc3C2)c1. The predicted molar refractivity (Wildman–Crippen MR) is 90.3 cm³/mol. The maximum atomic E-state index is 9.14. The number of hydrogen-bond donors (Lipinski definition) is 1. The fourth-order valence-electron chi connectivity index (χ4n) is 2.72. The second-order valence-electron chi connectivity index (χ2n) is 5.39. The van der Waals surface area contributed by atoms with Gasteiger partial charge >= 0.3 is 0 Å². The average Bonchev–Trinajstić information content (AvgIpc) is 3.06. The molecule has 114 valence electrons. The molecule has 1 heterocycles. The molecule has 1 aliphatic heterocycles. The van der Waals surface area contributed by atoms with Gasteiger partial charge in [0, 0.05) is 24.5 Å². The summed E-state index contributed by atoms with van der Waals surface area (Å²) in [6.45, 7) is 1.67. The van der Waals surface area contributed by atoms with Gasteiger partial charge in [-0.2, -0.15) is 15.8 Å². The molecule has 2 aromatic rings. The molecule has 0 spiro atoms. The van der Waals surface area contributed by atoms with Crippen molar-refractivity contribution in [1.82, 2.24) is 0 Å². The molecular weight excluding hydrogens is 298 g/mol. The molecule has 0 fully saturated rings. The molecule has 2 aromatic carbocycles. The molecule has 5 nitrogen and oxygen atoms in total. The Hall–Kier alpha value is -3.75. The number of hydrogen-bond acceptors (Lipinski definition) is 5. The molecule has 0 aromatic heterocycles. The van der Waals surface area contributed by atoms with Crippen LogP contribution in [-0.4, -0.2) is 0 Å².